The molecule has 4 rings (SSSR count). The van der Waals surface area contributed by atoms with Gasteiger partial charge in [0.15, 0.2) is 0 Å². The van der Waals surface area contributed by atoms with Crippen molar-refractivity contribution in [1.29, 1.82) is 0 Å². The molecule has 230 valence electrons. The summed E-state index contributed by atoms with van der Waals surface area (Å²) < 4.78 is 39.7. The summed E-state index contributed by atoms with van der Waals surface area (Å²) in [6, 6.07) is 20.2. The number of likely N-dealkylation sites (N-methyl/N-ethyl adjacent to an activating group) is 1. The number of carbonyl (C=O) groups is 2. The maximum absolute atomic E-state index is 13.5. The van der Waals surface area contributed by atoms with Gasteiger partial charge in [0.05, 0.1) is 44.0 Å². The monoisotopic (exact) mass is 609 g/mol. The molecule has 0 aromatic heterocycles. The highest BCUT2D eigenvalue weighted by molar-refractivity contribution is 7.89. The highest BCUT2D eigenvalue weighted by Crippen LogP contribution is 2.30. The second kappa shape index (κ2) is 14.0. The van der Waals surface area contributed by atoms with E-state index in [9.17, 15) is 23.1 Å². The minimum atomic E-state index is -3.86. The van der Waals surface area contributed by atoms with Crippen LogP contribution in [0.15, 0.2) is 77.7 Å². The second-order valence-electron chi connectivity index (χ2n) is 10.9. The first-order valence-corrected chi connectivity index (χ1v) is 15.6. The Bertz CT molecular complexity index is 1510. The first-order chi connectivity index (χ1) is 20.5. The minimum Gasteiger partial charge on any atom is -0.497 e. The number of nitrogens with zero attached hydrogens (tertiary/aromatic N) is 2. The predicted octanol–water partition coefficient (Wildman–Crippen LogP) is 3.35. The number of ether oxygens (including phenoxy) is 2. The number of hydrogen-bond acceptors (Lipinski definition) is 7. The van der Waals surface area contributed by atoms with Crippen molar-refractivity contribution in [2.45, 2.75) is 43.7 Å². The molecule has 3 atom stereocenters. The lowest BCUT2D eigenvalue weighted by Crippen LogP contribution is -2.48. The Morgan fingerprint density at radius 1 is 1.14 bits per heavy atom. The lowest BCUT2D eigenvalue weighted by molar-refractivity contribution is -0.134. The zero-order chi connectivity index (χ0) is 31.1. The first-order valence-electron chi connectivity index (χ1n) is 14.2. The van der Waals surface area contributed by atoms with E-state index in [1.165, 1.54) is 30.6 Å². The third-order valence-electron chi connectivity index (χ3n) is 7.61. The number of fused-ring (bicyclic) bond motifs is 1. The lowest BCUT2D eigenvalue weighted by Gasteiger charge is -2.33. The zero-order valence-electron chi connectivity index (χ0n) is 24.9. The molecule has 0 unspecified atom stereocenters. The van der Waals surface area contributed by atoms with E-state index in [4.69, 9.17) is 9.47 Å². The number of methoxy groups -OCH3 is 1. The van der Waals surface area contributed by atoms with Crippen molar-refractivity contribution in [2.75, 3.05) is 39.2 Å². The van der Waals surface area contributed by atoms with Crippen LogP contribution in [0.5, 0.6) is 11.5 Å². The highest BCUT2D eigenvalue weighted by Gasteiger charge is 2.33. The van der Waals surface area contributed by atoms with Crippen molar-refractivity contribution < 1.29 is 32.6 Å². The summed E-state index contributed by atoms with van der Waals surface area (Å²) in [7, 11) is -0.851. The van der Waals surface area contributed by atoms with Gasteiger partial charge in [-0.2, -0.15) is 4.31 Å². The zero-order valence-corrected chi connectivity index (χ0v) is 25.7. The smallest absolute Gasteiger partial charge is 0.242 e. The molecule has 0 bridgehead atoms. The number of aliphatic hydroxyl groups is 1. The molecule has 2 amide bonds. The molecule has 1 aliphatic rings. The standard InChI is InChI=1S/C32H39N3O7S/c1-22-19-35(23(2)21-36)32(38)18-25-17-26(33-31(37)16-24-8-6-5-7-9-24)10-15-29(25)42-30(22)20-34(3)43(39,40)28-13-11-27(41-4)12-14-28/h5-15,17,22-23,30,36H,16,18-21H2,1-4H3,(H,33,37)/t22-,23-,30-/m0/s1. The van der Waals surface area contributed by atoms with Gasteiger partial charge in [-0.15, -0.1) is 0 Å². The number of rotatable bonds is 10. The van der Waals surface area contributed by atoms with Crippen molar-refractivity contribution in [1.82, 2.24) is 9.21 Å². The van der Waals surface area contributed by atoms with E-state index in [2.05, 4.69) is 5.32 Å². The quantitative estimate of drug-likeness (QED) is 0.361. The summed E-state index contributed by atoms with van der Waals surface area (Å²) in [5.41, 5.74) is 1.94. The van der Waals surface area contributed by atoms with Gasteiger partial charge in [-0.25, -0.2) is 8.42 Å². The maximum Gasteiger partial charge on any atom is 0.242 e. The van der Waals surface area contributed by atoms with Gasteiger partial charge in [0, 0.05) is 30.8 Å². The van der Waals surface area contributed by atoms with Crippen LogP contribution in [-0.2, 0) is 32.5 Å². The van der Waals surface area contributed by atoms with E-state index in [1.807, 2.05) is 37.3 Å². The normalized spacial score (nSPS) is 18.1. The molecule has 0 saturated carbocycles. The fourth-order valence-electron chi connectivity index (χ4n) is 4.99. The average Bonchev–Trinajstić information content (AvgIpc) is 3.04. The third kappa shape index (κ3) is 7.92. The molecule has 0 aliphatic carbocycles. The Hall–Kier alpha value is -3.93. The van der Waals surface area contributed by atoms with Crippen LogP contribution in [0.1, 0.15) is 25.0 Å². The van der Waals surface area contributed by atoms with Crippen LogP contribution >= 0.6 is 0 Å². The number of amides is 2. The van der Waals surface area contributed by atoms with Crippen molar-refractivity contribution in [3.63, 3.8) is 0 Å². The number of sulfonamides is 1. The molecule has 0 saturated heterocycles. The number of aliphatic hydroxyl groups excluding tert-OH is 1. The molecular weight excluding hydrogens is 570 g/mol. The van der Waals surface area contributed by atoms with E-state index in [0.29, 0.717) is 22.7 Å². The maximum atomic E-state index is 13.5. The number of anilines is 1. The molecule has 43 heavy (non-hydrogen) atoms. The Morgan fingerprint density at radius 2 is 1.84 bits per heavy atom. The SMILES string of the molecule is COc1ccc(S(=O)(=O)N(C)C[C@@H]2Oc3ccc(NC(=O)Cc4ccccc4)cc3CC(=O)N([C@@H](C)CO)C[C@@H]2C)cc1. The second-order valence-corrected chi connectivity index (χ2v) is 12.9. The molecule has 2 N–H and O–H groups in total. The van der Waals surface area contributed by atoms with Gasteiger partial charge in [-0.3, -0.25) is 9.59 Å². The van der Waals surface area contributed by atoms with E-state index in [1.54, 1.807) is 42.2 Å². The Morgan fingerprint density at radius 3 is 2.49 bits per heavy atom. The van der Waals surface area contributed by atoms with Gasteiger partial charge in [0.2, 0.25) is 21.8 Å². The van der Waals surface area contributed by atoms with Crippen molar-refractivity contribution >= 4 is 27.5 Å². The molecule has 0 fully saturated rings. The van der Waals surface area contributed by atoms with Crippen LogP contribution in [0.2, 0.25) is 0 Å². The third-order valence-corrected chi connectivity index (χ3v) is 9.45. The summed E-state index contributed by atoms with van der Waals surface area (Å²) in [5, 5.41) is 12.8. The molecule has 0 spiro atoms. The molecule has 3 aromatic rings. The van der Waals surface area contributed by atoms with Gasteiger partial charge in [-0.05, 0) is 55.0 Å². The Balaban J connectivity index is 1.61. The van der Waals surface area contributed by atoms with E-state index < -0.39 is 22.2 Å². The van der Waals surface area contributed by atoms with Gasteiger partial charge in [0.1, 0.15) is 17.6 Å². The largest absolute Gasteiger partial charge is 0.497 e. The predicted molar refractivity (Wildman–Crippen MR) is 164 cm³/mol. The molecule has 11 heteroatoms. The number of benzene rings is 3. The summed E-state index contributed by atoms with van der Waals surface area (Å²) in [5.74, 6) is 0.284. The van der Waals surface area contributed by atoms with Gasteiger partial charge in [0.25, 0.3) is 0 Å². The number of hydrogen-bond donors (Lipinski definition) is 2. The van der Waals surface area contributed by atoms with Gasteiger partial charge in [-0.1, -0.05) is 37.3 Å². The van der Waals surface area contributed by atoms with Gasteiger partial charge < -0.3 is 24.8 Å². The van der Waals surface area contributed by atoms with Gasteiger partial charge >= 0.3 is 0 Å². The van der Waals surface area contributed by atoms with E-state index >= 15 is 0 Å². The first kappa shape index (κ1) is 32.0. The average molecular weight is 610 g/mol. The minimum absolute atomic E-state index is 0.0124. The number of carbonyl (C=O) groups excluding carboxylic acids is 2. The van der Waals surface area contributed by atoms with Crippen LogP contribution in [0, 0.1) is 5.92 Å². The summed E-state index contributed by atoms with van der Waals surface area (Å²) in [6.07, 6.45) is -0.444. The number of nitrogens with one attached hydrogen (secondary N) is 1. The topological polar surface area (TPSA) is 125 Å². The Labute approximate surface area is 253 Å². The van der Waals surface area contributed by atoms with Crippen molar-refractivity contribution in [2.24, 2.45) is 5.92 Å². The highest BCUT2D eigenvalue weighted by atomic mass is 32.2. The molecule has 0 radical (unpaired) electrons. The Kier molecular flexibility index (Phi) is 10.4. The molecule has 1 aliphatic heterocycles. The van der Waals surface area contributed by atoms with Crippen molar-refractivity contribution in [3.8, 4) is 11.5 Å². The summed E-state index contributed by atoms with van der Waals surface area (Å²) >= 11 is 0. The van der Waals surface area contributed by atoms with Crippen LogP contribution in [0.25, 0.3) is 0 Å². The van der Waals surface area contributed by atoms with Crippen molar-refractivity contribution in [3.05, 3.63) is 83.9 Å². The van der Waals surface area contributed by atoms with E-state index in [-0.39, 0.29) is 55.2 Å². The molecule has 10 nitrogen and oxygen atoms in total. The van der Waals surface area contributed by atoms with Crippen LogP contribution in [-0.4, -0.2) is 80.5 Å². The summed E-state index contributed by atoms with van der Waals surface area (Å²) in [4.78, 5) is 27.9. The molecule has 1 heterocycles. The van der Waals surface area contributed by atoms with Crippen LogP contribution in [0.4, 0.5) is 5.69 Å². The lowest BCUT2D eigenvalue weighted by atomic mass is 10.0. The van der Waals surface area contributed by atoms with E-state index in [0.717, 1.165) is 5.56 Å². The van der Waals surface area contributed by atoms with Crippen LogP contribution < -0.4 is 14.8 Å². The fraction of sp³-hybridized carbons (Fsp3) is 0.375. The van der Waals surface area contributed by atoms with Crippen LogP contribution in [0.3, 0.4) is 0 Å². The molecule has 3 aromatic carbocycles. The summed E-state index contributed by atoms with van der Waals surface area (Å²) in [6.45, 7) is 3.71. The molecular formula is C32H39N3O7S. The fourth-order valence-corrected chi connectivity index (χ4v) is 6.17.